The van der Waals surface area contributed by atoms with Crippen molar-refractivity contribution < 1.29 is 4.79 Å². The van der Waals surface area contributed by atoms with E-state index in [2.05, 4.69) is 41.3 Å². The summed E-state index contributed by atoms with van der Waals surface area (Å²) in [5.41, 5.74) is 1.27. The van der Waals surface area contributed by atoms with Gasteiger partial charge in [0.2, 0.25) is 5.91 Å². The van der Waals surface area contributed by atoms with Gasteiger partial charge in [-0.05, 0) is 26.5 Å². The van der Waals surface area contributed by atoms with E-state index in [0.29, 0.717) is 6.54 Å². The lowest BCUT2D eigenvalue weighted by atomic mass is 10.2. The first-order valence-corrected chi connectivity index (χ1v) is 7.57. The highest BCUT2D eigenvalue weighted by Crippen LogP contribution is 2.07. The largest absolute Gasteiger partial charge is 0.353 e. The minimum absolute atomic E-state index is 0.0120. The van der Waals surface area contributed by atoms with Crippen molar-refractivity contribution in [1.29, 1.82) is 0 Å². The first-order valence-electron chi connectivity index (χ1n) is 7.57. The molecule has 1 N–H and O–H groups in total. The molecule has 5 heteroatoms. The van der Waals surface area contributed by atoms with E-state index < -0.39 is 0 Å². The number of hydrogen-bond acceptors (Lipinski definition) is 3. The molecule has 0 radical (unpaired) electrons. The summed E-state index contributed by atoms with van der Waals surface area (Å²) >= 11 is 0. The molecule has 2 aromatic rings. The van der Waals surface area contributed by atoms with Crippen molar-refractivity contribution in [2.45, 2.75) is 32.5 Å². The van der Waals surface area contributed by atoms with E-state index in [1.54, 1.807) is 23.3 Å². The van der Waals surface area contributed by atoms with E-state index in [1.165, 1.54) is 5.56 Å². The van der Waals surface area contributed by atoms with Crippen molar-refractivity contribution in [2.75, 3.05) is 13.6 Å². The molecule has 0 aliphatic carbocycles. The van der Waals surface area contributed by atoms with Crippen LogP contribution in [0.5, 0.6) is 0 Å². The number of imidazole rings is 1. The molecular formula is C17H24N4O. The summed E-state index contributed by atoms with van der Waals surface area (Å²) < 4.78 is 1.80. The highest BCUT2D eigenvalue weighted by Gasteiger charge is 2.16. The first-order chi connectivity index (χ1) is 10.6. The van der Waals surface area contributed by atoms with Crippen LogP contribution in [-0.4, -0.2) is 40.0 Å². The number of rotatable bonds is 7. The Labute approximate surface area is 132 Å². The minimum atomic E-state index is -0.242. The summed E-state index contributed by atoms with van der Waals surface area (Å²) in [6.07, 6.45) is 5.14. The summed E-state index contributed by atoms with van der Waals surface area (Å²) in [4.78, 5) is 18.4. The number of carbonyl (C=O) groups excluding carboxylic acids is 1. The Hall–Kier alpha value is -2.14. The predicted molar refractivity (Wildman–Crippen MR) is 87.3 cm³/mol. The average Bonchev–Trinajstić information content (AvgIpc) is 3.06. The van der Waals surface area contributed by atoms with Crippen LogP contribution in [0.15, 0.2) is 49.1 Å². The molecule has 2 rings (SSSR count). The third-order valence-corrected chi connectivity index (χ3v) is 3.95. The SMILES string of the molecule is C[C@H](C(=O)NC[C@H](C)N(C)Cc1ccccc1)n1ccnc1. The molecule has 0 fully saturated rings. The van der Waals surface area contributed by atoms with Crippen molar-refractivity contribution in [3.05, 3.63) is 54.6 Å². The van der Waals surface area contributed by atoms with Gasteiger partial charge in [0.25, 0.3) is 0 Å². The second-order valence-electron chi connectivity index (χ2n) is 5.68. The summed E-state index contributed by atoms with van der Waals surface area (Å²) in [5, 5.41) is 3.01. The lowest BCUT2D eigenvalue weighted by Crippen LogP contribution is -2.41. The van der Waals surface area contributed by atoms with Gasteiger partial charge in [0.05, 0.1) is 6.33 Å². The van der Waals surface area contributed by atoms with Crippen molar-refractivity contribution in [3.63, 3.8) is 0 Å². The van der Waals surface area contributed by atoms with Gasteiger partial charge in [-0.15, -0.1) is 0 Å². The lowest BCUT2D eigenvalue weighted by Gasteiger charge is -2.25. The number of carbonyl (C=O) groups is 1. The normalized spacial score (nSPS) is 13.8. The van der Waals surface area contributed by atoms with Crippen LogP contribution in [-0.2, 0) is 11.3 Å². The summed E-state index contributed by atoms with van der Waals surface area (Å²) in [5.74, 6) is 0.0120. The molecule has 5 nitrogen and oxygen atoms in total. The Morgan fingerprint density at radius 2 is 2.05 bits per heavy atom. The number of amides is 1. The number of nitrogens with one attached hydrogen (secondary N) is 1. The molecular weight excluding hydrogens is 276 g/mol. The second kappa shape index (κ2) is 7.75. The molecule has 1 heterocycles. The topological polar surface area (TPSA) is 50.2 Å². The van der Waals surface area contributed by atoms with Gasteiger partial charge in [-0.3, -0.25) is 9.69 Å². The Balaban J connectivity index is 1.79. The molecule has 1 aromatic carbocycles. The second-order valence-corrected chi connectivity index (χ2v) is 5.68. The highest BCUT2D eigenvalue weighted by molar-refractivity contribution is 5.79. The van der Waals surface area contributed by atoms with Crippen LogP contribution in [0.25, 0.3) is 0 Å². The predicted octanol–water partition coefficient (Wildman–Crippen LogP) is 2.08. The van der Waals surface area contributed by atoms with E-state index in [-0.39, 0.29) is 18.0 Å². The Bertz CT molecular complexity index is 568. The van der Waals surface area contributed by atoms with Crippen LogP contribution in [0.4, 0.5) is 0 Å². The van der Waals surface area contributed by atoms with Gasteiger partial charge in [0.15, 0.2) is 0 Å². The summed E-state index contributed by atoms with van der Waals surface area (Å²) in [7, 11) is 2.07. The zero-order valence-corrected chi connectivity index (χ0v) is 13.4. The minimum Gasteiger partial charge on any atom is -0.353 e. The Morgan fingerprint density at radius 3 is 2.68 bits per heavy atom. The maximum Gasteiger partial charge on any atom is 0.242 e. The van der Waals surface area contributed by atoms with Crippen LogP contribution in [0.3, 0.4) is 0 Å². The van der Waals surface area contributed by atoms with Gasteiger partial charge in [-0.25, -0.2) is 4.98 Å². The van der Waals surface area contributed by atoms with Gasteiger partial charge in [-0.1, -0.05) is 30.3 Å². The molecule has 0 saturated heterocycles. The zero-order chi connectivity index (χ0) is 15.9. The van der Waals surface area contributed by atoms with E-state index in [0.717, 1.165) is 6.54 Å². The van der Waals surface area contributed by atoms with Gasteiger partial charge in [-0.2, -0.15) is 0 Å². The third-order valence-electron chi connectivity index (χ3n) is 3.95. The molecule has 2 atom stereocenters. The molecule has 1 amide bonds. The van der Waals surface area contributed by atoms with Gasteiger partial charge >= 0.3 is 0 Å². The number of hydrogen-bond donors (Lipinski definition) is 1. The summed E-state index contributed by atoms with van der Waals surface area (Å²) in [6.45, 7) is 5.48. The fourth-order valence-corrected chi connectivity index (χ4v) is 2.21. The van der Waals surface area contributed by atoms with Gasteiger partial charge < -0.3 is 9.88 Å². The number of benzene rings is 1. The first kappa shape index (κ1) is 16.2. The van der Waals surface area contributed by atoms with E-state index in [4.69, 9.17) is 0 Å². The molecule has 1 aromatic heterocycles. The van der Waals surface area contributed by atoms with Crippen LogP contribution in [0.2, 0.25) is 0 Å². The average molecular weight is 300 g/mol. The maximum atomic E-state index is 12.1. The standard InChI is InChI=1S/C17H24N4O/c1-14(20(3)12-16-7-5-4-6-8-16)11-19-17(22)15(2)21-10-9-18-13-21/h4-10,13-15H,11-12H2,1-3H3,(H,19,22)/t14-,15+/m0/s1. The van der Waals surface area contributed by atoms with Crippen molar-refractivity contribution >= 4 is 5.91 Å². The summed E-state index contributed by atoms with van der Waals surface area (Å²) in [6, 6.07) is 10.4. The quantitative estimate of drug-likeness (QED) is 0.852. The van der Waals surface area contributed by atoms with Crippen molar-refractivity contribution in [1.82, 2.24) is 19.8 Å². The molecule has 0 aliphatic rings. The van der Waals surface area contributed by atoms with Gasteiger partial charge in [0, 0.05) is 31.5 Å². The fraction of sp³-hybridized carbons (Fsp3) is 0.412. The molecule has 118 valence electrons. The zero-order valence-electron chi connectivity index (χ0n) is 13.4. The smallest absolute Gasteiger partial charge is 0.242 e. The third kappa shape index (κ3) is 4.43. The molecule has 22 heavy (non-hydrogen) atoms. The Morgan fingerprint density at radius 1 is 1.32 bits per heavy atom. The van der Waals surface area contributed by atoms with Crippen LogP contribution in [0, 0.1) is 0 Å². The van der Waals surface area contributed by atoms with E-state index in [9.17, 15) is 4.79 Å². The Kier molecular flexibility index (Phi) is 5.72. The molecule has 0 spiro atoms. The van der Waals surface area contributed by atoms with E-state index >= 15 is 0 Å². The maximum absolute atomic E-state index is 12.1. The number of likely N-dealkylation sites (N-methyl/N-ethyl adjacent to an activating group) is 1. The monoisotopic (exact) mass is 300 g/mol. The lowest BCUT2D eigenvalue weighted by molar-refractivity contribution is -0.124. The highest BCUT2D eigenvalue weighted by atomic mass is 16.2. The van der Waals surface area contributed by atoms with Crippen molar-refractivity contribution in [2.24, 2.45) is 0 Å². The van der Waals surface area contributed by atoms with E-state index in [1.807, 2.05) is 25.1 Å². The van der Waals surface area contributed by atoms with Crippen LogP contribution < -0.4 is 5.32 Å². The number of nitrogens with zero attached hydrogens (tertiary/aromatic N) is 3. The van der Waals surface area contributed by atoms with Crippen LogP contribution >= 0.6 is 0 Å². The number of aromatic nitrogens is 2. The van der Waals surface area contributed by atoms with Crippen molar-refractivity contribution in [3.8, 4) is 0 Å². The molecule has 0 unspecified atom stereocenters. The molecule has 0 bridgehead atoms. The fourth-order valence-electron chi connectivity index (χ4n) is 2.21. The molecule has 0 aliphatic heterocycles. The van der Waals surface area contributed by atoms with Gasteiger partial charge in [0.1, 0.15) is 6.04 Å². The molecule has 0 saturated carbocycles. The van der Waals surface area contributed by atoms with Crippen LogP contribution in [0.1, 0.15) is 25.5 Å².